The van der Waals surface area contributed by atoms with Crippen molar-refractivity contribution in [1.29, 1.82) is 5.26 Å². The number of benzene rings is 1. The smallest absolute Gasteiger partial charge is 0.186 e. The minimum absolute atomic E-state index is 0.282. The van der Waals surface area contributed by atoms with Gasteiger partial charge in [0.1, 0.15) is 6.07 Å². The lowest BCUT2D eigenvalue weighted by atomic mass is 10.1. The maximum atomic E-state index is 9.54. The number of rotatable bonds is 5. The van der Waals surface area contributed by atoms with Gasteiger partial charge in [0.05, 0.1) is 17.3 Å². The number of aliphatic hydroxyl groups excluding tert-OH is 1. The van der Waals surface area contributed by atoms with Crippen molar-refractivity contribution < 1.29 is 5.11 Å². The van der Waals surface area contributed by atoms with Gasteiger partial charge in [-0.3, -0.25) is 0 Å². The molecule has 0 amide bonds. The number of nitriles is 1. The molecule has 1 atom stereocenters. The molecule has 19 heavy (non-hydrogen) atoms. The Labute approximate surface area is 111 Å². The predicted octanol–water partition coefficient (Wildman–Crippen LogP) is 2.07. The number of aromatic nitrogens is 2. The van der Waals surface area contributed by atoms with Crippen LogP contribution < -0.4 is 5.32 Å². The maximum absolute atomic E-state index is 9.54. The second kappa shape index (κ2) is 6.12. The van der Waals surface area contributed by atoms with Crippen LogP contribution >= 0.6 is 0 Å². The Kier molecular flexibility index (Phi) is 4.26. The topological polar surface area (TPSA) is 81.8 Å². The van der Waals surface area contributed by atoms with Crippen molar-refractivity contribution in [2.45, 2.75) is 25.9 Å². The van der Waals surface area contributed by atoms with Crippen LogP contribution in [0.5, 0.6) is 0 Å². The van der Waals surface area contributed by atoms with Crippen molar-refractivity contribution in [1.82, 2.24) is 10.2 Å². The monoisotopic (exact) mass is 256 g/mol. The van der Waals surface area contributed by atoms with Crippen LogP contribution in [0.1, 0.15) is 25.5 Å². The van der Waals surface area contributed by atoms with E-state index in [4.69, 9.17) is 5.26 Å². The summed E-state index contributed by atoms with van der Waals surface area (Å²) < 4.78 is 0. The van der Waals surface area contributed by atoms with Gasteiger partial charge in [-0.2, -0.15) is 5.26 Å². The van der Waals surface area contributed by atoms with Gasteiger partial charge < -0.3 is 10.4 Å². The van der Waals surface area contributed by atoms with Crippen molar-refractivity contribution in [3.05, 3.63) is 30.0 Å². The molecule has 0 aliphatic rings. The Morgan fingerprint density at radius 2 is 2.16 bits per heavy atom. The van der Waals surface area contributed by atoms with Gasteiger partial charge in [0, 0.05) is 11.9 Å². The van der Waals surface area contributed by atoms with E-state index >= 15 is 0 Å². The highest BCUT2D eigenvalue weighted by Gasteiger charge is 2.10. The maximum Gasteiger partial charge on any atom is 0.186 e. The zero-order valence-electron chi connectivity index (χ0n) is 10.8. The van der Waals surface area contributed by atoms with Crippen LogP contribution in [0, 0.1) is 11.3 Å². The molecule has 1 unspecified atom stereocenters. The fraction of sp³-hybridized carbons (Fsp3) is 0.357. The Morgan fingerprint density at radius 1 is 1.37 bits per heavy atom. The summed E-state index contributed by atoms with van der Waals surface area (Å²) >= 11 is 0. The molecule has 5 nitrogen and oxygen atoms in total. The number of fused-ring (bicyclic) bond motifs is 1. The molecule has 0 spiro atoms. The molecule has 1 aromatic carbocycles. The lowest BCUT2D eigenvalue weighted by Gasteiger charge is -2.12. The Morgan fingerprint density at radius 3 is 2.89 bits per heavy atom. The third-order valence-electron chi connectivity index (χ3n) is 3.02. The van der Waals surface area contributed by atoms with Crippen LogP contribution in [0.25, 0.3) is 10.9 Å². The van der Waals surface area contributed by atoms with Crippen LogP contribution in [-0.4, -0.2) is 28.0 Å². The van der Waals surface area contributed by atoms with Crippen molar-refractivity contribution >= 4 is 16.6 Å². The standard InChI is InChI=1S/C14H16N4O/c1-2-10(19)7-8-16-14-11-5-3-4-6-12(11)17-18-13(14)9-15/h3-6,10,19H,2,7-8H2,1H3,(H,16,17). The minimum atomic E-state index is -0.320. The van der Waals surface area contributed by atoms with Crippen molar-refractivity contribution in [2.24, 2.45) is 0 Å². The van der Waals surface area contributed by atoms with Crippen LogP contribution in [0.15, 0.2) is 24.3 Å². The van der Waals surface area contributed by atoms with Crippen LogP contribution in [0.3, 0.4) is 0 Å². The first-order valence-electron chi connectivity index (χ1n) is 6.33. The van der Waals surface area contributed by atoms with Crippen LogP contribution in [-0.2, 0) is 0 Å². The average Bonchev–Trinajstić information content (AvgIpc) is 2.47. The van der Waals surface area contributed by atoms with E-state index in [9.17, 15) is 5.11 Å². The summed E-state index contributed by atoms with van der Waals surface area (Å²) in [6.07, 6.45) is 1.04. The molecule has 0 aliphatic carbocycles. The first-order chi connectivity index (χ1) is 9.26. The number of anilines is 1. The first-order valence-corrected chi connectivity index (χ1v) is 6.33. The van der Waals surface area contributed by atoms with Gasteiger partial charge in [-0.15, -0.1) is 10.2 Å². The molecule has 2 rings (SSSR count). The van der Waals surface area contributed by atoms with Gasteiger partial charge in [-0.25, -0.2) is 0 Å². The second-order valence-electron chi connectivity index (χ2n) is 4.33. The first kappa shape index (κ1) is 13.2. The number of aliphatic hydroxyl groups is 1. The van der Waals surface area contributed by atoms with E-state index in [-0.39, 0.29) is 11.8 Å². The summed E-state index contributed by atoms with van der Waals surface area (Å²) in [5.41, 5.74) is 1.72. The lowest BCUT2D eigenvalue weighted by Crippen LogP contribution is -2.13. The Balaban J connectivity index is 2.27. The zero-order chi connectivity index (χ0) is 13.7. The molecule has 98 valence electrons. The summed E-state index contributed by atoms with van der Waals surface area (Å²) in [5, 5.41) is 30.6. The number of nitrogens with zero attached hydrogens (tertiary/aromatic N) is 3. The minimum Gasteiger partial charge on any atom is -0.393 e. The molecule has 0 fully saturated rings. The molecule has 2 N–H and O–H groups in total. The second-order valence-corrected chi connectivity index (χ2v) is 4.33. The largest absolute Gasteiger partial charge is 0.393 e. The van der Waals surface area contributed by atoms with Gasteiger partial charge in [-0.1, -0.05) is 25.1 Å². The molecule has 5 heteroatoms. The van der Waals surface area contributed by atoms with Gasteiger partial charge in [0.2, 0.25) is 0 Å². The predicted molar refractivity (Wildman–Crippen MR) is 73.7 cm³/mol. The summed E-state index contributed by atoms with van der Waals surface area (Å²) in [6, 6.07) is 9.59. The molecule has 0 aliphatic heterocycles. The summed E-state index contributed by atoms with van der Waals surface area (Å²) in [7, 11) is 0. The average molecular weight is 256 g/mol. The lowest BCUT2D eigenvalue weighted by molar-refractivity contribution is 0.164. The van der Waals surface area contributed by atoms with Gasteiger partial charge in [0.25, 0.3) is 0 Å². The van der Waals surface area contributed by atoms with Crippen molar-refractivity contribution in [2.75, 3.05) is 11.9 Å². The molecular formula is C14H16N4O. The van der Waals surface area contributed by atoms with Gasteiger partial charge in [-0.05, 0) is 18.9 Å². The highest BCUT2D eigenvalue weighted by Crippen LogP contribution is 2.23. The van der Waals surface area contributed by atoms with Crippen LogP contribution in [0.4, 0.5) is 5.69 Å². The summed E-state index contributed by atoms with van der Waals surface area (Å²) in [5.74, 6) is 0. The van der Waals surface area contributed by atoms with Gasteiger partial charge >= 0.3 is 0 Å². The van der Waals surface area contributed by atoms with E-state index in [1.165, 1.54) is 0 Å². The third-order valence-corrected chi connectivity index (χ3v) is 3.02. The van der Waals surface area contributed by atoms with E-state index in [1.54, 1.807) is 0 Å². The van der Waals surface area contributed by atoms with Gasteiger partial charge in [0.15, 0.2) is 5.69 Å². The fourth-order valence-electron chi connectivity index (χ4n) is 1.88. The van der Waals surface area contributed by atoms with E-state index in [0.717, 1.165) is 17.3 Å². The molecule has 0 saturated heterocycles. The van der Waals surface area contributed by atoms with Crippen molar-refractivity contribution in [3.63, 3.8) is 0 Å². The van der Waals surface area contributed by atoms with E-state index in [0.29, 0.717) is 18.7 Å². The van der Waals surface area contributed by atoms with Crippen molar-refractivity contribution in [3.8, 4) is 6.07 Å². The van der Waals surface area contributed by atoms with E-state index in [1.807, 2.05) is 37.3 Å². The molecular weight excluding hydrogens is 240 g/mol. The normalized spacial score (nSPS) is 12.1. The summed E-state index contributed by atoms with van der Waals surface area (Å²) in [6.45, 7) is 2.54. The van der Waals surface area contributed by atoms with Crippen LogP contribution in [0.2, 0.25) is 0 Å². The quantitative estimate of drug-likeness (QED) is 0.855. The number of nitrogens with one attached hydrogen (secondary N) is 1. The Bertz CT molecular complexity index is 606. The number of hydrogen-bond donors (Lipinski definition) is 2. The molecule has 2 aromatic rings. The SMILES string of the molecule is CCC(O)CCNc1c(C#N)nnc2ccccc12. The van der Waals surface area contributed by atoms with E-state index < -0.39 is 0 Å². The molecule has 0 radical (unpaired) electrons. The summed E-state index contributed by atoms with van der Waals surface area (Å²) in [4.78, 5) is 0. The van der Waals surface area contributed by atoms with E-state index in [2.05, 4.69) is 15.5 Å². The number of hydrogen-bond acceptors (Lipinski definition) is 5. The highest BCUT2D eigenvalue weighted by atomic mass is 16.3. The molecule has 1 heterocycles. The Hall–Kier alpha value is -2.19. The highest BCUT2D eigenvalue weighted by molar-refractivity contribution is 5.92. The third kappa shape index (κ3) is 2.98. The molecule has 1 aromatic heterocycles. The molecule has 0 bridgehead atoms. The zero-order valence-corrected chi connectivity index (χ0v) is 10.8. The molecule has 0 saturated carbocycles. The fourth-order valence-corrected chi connectivity index (χ4v) is 1.88.